The first-order valence-electron chi connectivity index (χ1n) is 10.7. The van der Waals surface area contributed by atoms with E-state index < -0.39 is 0 Å². The Hall–Kier alpha value is -3.61. The van der Waals surface area contributed by atoms with Gasteiger partial charge >= 0.3 is 0 Å². The van der Waals surface area contributed by atoms with E-state index in [1.54, 1.807) is 13.3 Å². The smallest absolute Gasteiger partial charge is 0.152 e. The van der Waals surface area contributed by atoms with Crippen molar-refractivity contribution >= 4 is 23.1 Å². The van der Waals surface area contributed by atoms with Crippen LogP contribution in [0.3, 0.4) is 0 Å². The number of methoxy groups -OCH3 is 1. The molecule has 6 nitrogen and oxygen atoms in total. The highest BCUT2D eigenvalue weighted by molar-refractivity contribution is 5.84. The largest absolute Gasteiger partial charge is 0.497 e. The Labute approximate surface area is 188 Å². The molecule has 4 rings (SSSR count). The van der Waals surface area contributed by atoms with Crippen LogP contribution in [-0.2, 0) is 0 Å². The first kappa shape index (κ1) is 21.6. The minimum absolute atomic E-state index is 0.0300. The molecule has 0 aliphatic heterocycles. The van der Waals surface area contributed by atoms with Crippen LogP contribution in [0.2, 0.25) is 0 Å². The maximum Gasteiger partial charge on any atom is 0.152 e. The SMILES string of the molecule is COc1ccc2nc(C=Cc3ccccn3)nc(C(CNCCN)c3ccccc3)c2c1. The highest BCUT2D eigenvalue weighted by Gasteiger charge is 2.20. The molecular weight excluding hydrogens is 398 g/mol. The maximum atomic E-state index is 5.72. The Kier molecular flexibility index (Phi) is 7.17. The van der Waals surface area contributed by atoms with Gasteiger partial charge in [0.25, 0.3) is 0 Å². The fraction of sp³-hybridized carbons (Fsp3) is 0.192. The van der Waals surface area contributed by atoms with E-state index in [2.05, 4.69) is 34.6 Å². The zero-order valence-corrected chi connectivity index (χ0v) is 18.1. The van der Waals surface area contributed by atoms with Gasteiger partial charge in [-0.15, -0.1) is 0 Å². The number of fused-ring (bicyclic) bond motifs is 1. The van der Waals surface area contributed by atoms with Crippen molar-refractivity contribution < 1.29 is 4.74 Å². The van der Waals surface area contributed by atoms with Crippen LogP contribution in [0.1, 0.15) is 28.7 Å². The zero-order chi connectivity index (χ0) is 22.2. The molecule has 4 aromatic rings. The van der Waals surface area contributed by atoms with E-state index in [-0.39, 0.29) is 5.92 Å². The molecule has 3 N–H and O–H groups in total. The standard InChI is InChI=1S/C26H27N5O/c1-32-21-11-12-24-22(17-21)26(23(18-28-16-14-27)19-7-3-2-4-8-19)31-25(30-24)13-10-20-9-5-6-15-29-20/h2-13,15,17,23,28H,14,16,18,27H2,1H3. The van der Waals surface area contributed by atoms with Gasteiger partial charge in [0.05, 0.1) is 24.0 Å². The lowest BCUT2D eigenvalue weighted by Gasteiger charge is -2.20. The molecule has 6 heteroatoms. The molecule has 0 aliphatic rings. The van der Waals surface area contributed by atoms with Crippen molar-refractivity contribution in [3.05, 3.63) is 95.7 Å². The monoisotopic (exact) mass is 425 g/mol. The van der Waals surface area contributed by atoms with E-state index in [4.69, 9.17) is 20.4 Å². The van der Waals surface area contributed by atoms with Crippen molar-refractivity contribution in [1.29, 1.82) is 0 Å². The average molecular weight is 426 g/mol. The lowest BCUT2D eigenvalue weighted by atomic mass is 9.92. The third-order valence-corrected chi connectivity index (χ3v) is 5.24. The summed E-state index contributed by atoms with van der Waals surface area (Å²) in [6.07, 6.45) is 5.61. The zero-order valence-electron chi connectivity index (χ0n) is 18.1. The van der Waals surface area contributed by atoms with E-state index in [1.807, 2.05) is 54.6 Å². The number of pyridine rings is 1. The Morgan fingerprint density at radius 2 is 1.84 bits per heavy atom. The lowest BCUT2D eigenvalue weighted by Crippen LogP contribution is -2.28. The number of aromatic nitrogens is 3. The van der Waals surface area contributed by atoms with Gasteiger partial charge in [-0.1, -0.05) is 36.4 Å². The Morgan fingerprint density at radius 3 is 2.59 bits per heavy atom. The molecule has 32 heavy (non-hydrogen) atoms. The van der Waals surface area contributed by atoms with Crippen molar-refractivity contribution in [3.8, 4) is 5.75 Å². The number of benzene rings is 2. The molecule has 0 saturated heterocycles. The number of nitrogens with two attached hydrogens (primary N) is 1. The number of hydrogen-bond acceptors (Lipinski definition) is 6. The summed E-state index contributed by atoms with van der Waals surface area (Å²) in [5.41, 5.74) is 9.58. The highest BCUT2D eigenvalue weighted by atomic mass is 16.5. The van der Waals surface area contributed by atoms with Gasteiger partial charge in [-0.2, -0.15) is 0 Å². The molecule has 0 bridgehead atoms. The van der Waals surface area contributed by atoms with Gasteiger partial charge in [-0.25, -0.2) is 9.97 Å². The average Bonchev–Trinajstić information content (AvgIpc) is 2.86. The summed E-state index contributed by atoms with van der Waals surface area (Å²) < 4.78 is 5.49. The van der Waals surface area contributed by atoms with Crippen LogP contribution in [0, 0.1) is 0 Å². The minimum Gasteiger partial charge on any atom is -0.497 e. The molecule has 0 amide bonds. The highest BCUT2D eigenvalue weighted by Crippen LogP contribution is 2.31. The van der Waals surface area contributed by atoms with Gasteiger partial charge in [0, 0.05) is 37.1 Å². The van der Waals surface area contributed by atoms with Crippen LogP contribution in [0.15, 0.2) is 72.9 Å². The van der Waals surface area contributed by atoms with E-state index in [9.17, 15) is 0 Å². The van der Waals surface area contributed by atoms with Gasteiger partial charge in [0.15, 0.2) is 5.82 Å². The van der Waals surface area contributed by atoms with Gasteiger partial charge in [0.1, 0.15) is 5.75 Å². The summed E-state index contributed by atoms with van der Waals surface area (Å²) in [4.78, 5) is 14.1. The molecule has 2 aromatic heterocycles. The minimum atomic E-state index is 0.0300. The second-order valence-electron chi connectivity index (χ2n) is 7.39. The third kappa shape index (κ3) is 5.17. The Bertz CT molecular complexity index is 1180. The molecule has 2 aromatic carbocycles. The molecule has 162 valence electrons. The summed E-state index contributed by atoms with van der Waals surface area (Å²) in [7, 11) is 1.67. The van der Waals surface area contributed by atoms with Gasteiger partial charge in [-0.05, 0) is 48.0 Å². The Balaban J connectivity index is 1.84. The number of nitrogens with zero attached hydrogens (tertiary/aromatic N) is 3. The summed E-state index contributed by atoms with van der Waals surface area (Å²) in [5, 5.41) is 4.43. The van der Waals surface area contributed by atoms with Crippen LogP contribution in [0.4, 0.5) is 0 Å². The van der Waals surface area contributed by atoms with Gasteiger partial charge in [-0.3, -0.25) is 4.98 Å². The number of rotatable bonds is 9. The number of hydrogen-bond donors (Lipinski definition) is 2. The van der Waals surface area contributed by atoms with Crippen molar-refractivity contribution in [2.45, 2.75) is 5.92 Å². The molecule has 1 unspecified atom stereocenters. The molecule has 1 atom stereocenters. The molecule has 0 spiro atoms. The summed E-state index contributed by atoms with van der Waals surface area (Å²) >= 11 is 0. The predicted molar refractivity (Wildman–Crippen MR) is 129 cm³/mol. The molecule has 0 radical (unpaired) electrons. The fourth-order valence-corrected chi connectivity index (χ4v) is 3.66. The molecular formula is C26H27N5O. The second kappa shape index (κ2) is 10.6. The normalized spacial score (nSPS) is 12.3. The fourth-order valence-electron chi connectivity index (χ4n) is 3.66. The molecule has 0 saturated carbocycles. The van der Waals surface area contributed by atoms with Gasteiger partial charge in [0.2, 0.25) is 0 Å². The van der Waals surface area contributed by atoms with Crippen molar-refractivity contribution in [2.75, 3.05) is 26.7 Å². The van der Waals surface area contributed by atoms with Crippen LogP contribution < -0.4 is 15.8 Å². The van der Waals surface area contributed by atoms with Crippen LogP contribution in [-0.4, -0.2) is 41.7 Å². The maximum absolute atomic E-state index is 5.72. The van der Waals surface area contributed by atoms with Crippen molar-refractivity contribution in [3.63, 3.8) is 0 Å². The van der Waals surface area contributed by atoms with E-state index >= 15 is 0 Å². The first-order valence-corrected chi connectivity index (χ1v) is 10.7. The van der Waals surface area contributed by atoms with E-state index in [1.165, 1.54) is 5.56 Å². The van der Waals surface area contributed by atoms with Crippen molar-refractivity contribution in [1.82, 2.24) is 20.3 Å². The summed E-state index contributed by atoms with van der Waals surface area (Å²) in [6, 6.07) is 22.1. The Morgan fingerprint density at radius 1 is 1.00 bits per heavy atom. The van der Waals surface area contributed by atoms with E-state index in [0.29, 0.717) is 18.9 Å². The third-order valence-electron chi connectivity index (χ3n) is 5.24. The van der Waals surface area contributed by atoms with Crippen LogP contribution in [0.25, 0.3) is 23.1 Å². The lowest BCUT2D eigenvalue weighted by molar-refractivity contribution is 0.415. The topological polar surface area (TPSA) is 86.0 Å². The molecule has 0 aliphatic carbocycles. The predicted octanol–water partition coefficient (Wildman–Crippen LogP) is 3.88. The first-order chi connectivity index (χ1) is 15.8. The molecule has 0 fully saturated rings. The molecule has 2 heterocycles. The summed E-state index contributed by atoms with van der Waals surface area (Å²) in [6.45, 7) is 2.04. The van der Waals surface area contributed by atoms with E-state index in [0.717, 1.165) is 34.6 Å². The quantitative estimate of drug-likeness (QED) is 0.396. The van der Waals surface area contributed by atoms with Gasteiger partial charge < -0.3 is 15.8 Å². The summed E-state index contributed by atoms with van der Waals surface area (Å²) in [5.74, 6) is 1.45. The van der Waals surface area contributed by atoms with Crippen molar-refractivity contribution in [2.24, 2.45) is 5.73 Å². The van der Waals surface area contributed by atoms with Crippen LogP contribution >= 0.6 is 0 Å². The number of ether oxygens (including phenoxy) is 1. The number of nitrogens with one attached hydrogen (secondary N) is 1. The van der Waals surface area contributed by atoms with Crippen LogP contribution in [0.5, 0.6) is 5.75 Å². The second-order valence-corrected chi connectivity index (χ2v) is 7.39.